The van der Waals surface area contributed by atoms with Crippen molar-refractivity contribution in [2.45, 2.75) is 31.8 Å². The van der Waals surface area contributed by atoms with Gasteiger partial charge in [0.1, 0.15) is 5.69 Å². The molecule has 27 heavy (non-hydrogen) atoms. The van der Waals surface area contributed by atoms with Crippen LogP contribution in [0.5, 0.6) is 11.5 Å². The topological polar surface area (TPSA) is 67.3 Å². The summed E-state index contributed by atoms with van der Waals surface area (Å²) < 4.78 is 16.5. The molecule has 0 bridgehead atoms. The van der Waals surface area contributed by atoms with E-state index in [2.05, 4.69) is 14.8 Å². The van der Waals surface area contributed by atoms with Gasteiger partial charge in [0.15, 0.2) is 11.5 Å². The van der Waals surface area contributed by atoms with Crippen LogP contribution in [0.2, 0.25) is 0 Å². The Morgan fingerprint density at radius 2 is 2.04 bits per heavy atom. The van der Waals surface area contributed by atoms with E-state index in [1.54, 1.807) is 20.4 Å². The van der Waals surface area contributed by atoms with E-state index in [9.17, 15) is 5.11 Å². The number of hydrogen-bond acceptors (Lipinski definition) is 7. The minimum absolute atomic E-state index is 0.262. The highest BCUT2D eigenvalue weighted by Crippen LogP contribution is 2.32. The molecular formula is C20H33N3O4. The molecule has 7 nitrogen and oxygen atoms in total. The lowest BCUT2D eigenvalue weighted by Gasteiger charge is -2.45. The predicted molar refractivity (Wildman–Crippen MR) is 103 cm³/mol. The molecule has 2 saturated heterocycles. The first kappa shape index (κ1) is 20.3. The number of aromatic nitrogens is 1. The zero-order valence-electron chi connectivity index (χ0n) is 16.6. The summed E-state index contributed by atoms with van der Waals surface area (Å²) >= 11 is 0. The first-order valence-electron chi connectivity index (χ1n) is 9.97. The van der Waals surface area contributed by atoms with E-state index in [0.717, 1.165) is 82.4 Å². The summed E-state index contributed by atoms with van der Waals surface area (Å²) in [6.07, 6.45) is 4.83. The first-order valence-corrected chi connectivity index (χ1v) is 9.97. The Morgan fingerprint density at radius 3 is 2.74 bits per heavy atom. The van der Waals surface area contributed by atoms with Crippen LogP contribution in [-0.4, -0.2) is 86.2 Å². The Bertz CT molecular complexity index is 580. The second-order valence-electron chi connectivity index (χ2n) is 7.36. The molecule has 0 radical (unpaired) electrons. The summed E-state index contributed by atoms with van der Waals surface area (Å²) in [6, 6.07) is 2.41. The molecule has 1 aromatic heterocycles. The van der Waals surface area contributed by atoms with E-state index in [-0.39, 0.29) is 6.61 Å². The van der Waals surface area contributed by atoms with Gasteiger partial charge in [-0.05, 0) is 25.2 Å². The molecule has 7 heteroatoms. The molecule has 0 aromatic carbocycles. The molecule has 2 fully saturated rings. The summed E-state index contributed by atoms with van der Waals surface area (Å²) in [5.74, 6) is 2.00. The fourth-order valence-corrected chi connectivity index (χ4v) is 4.44. The van der Waals surface area contributed by atoms with Gasteiger partial charge in [0.05, 0.1) is 27.4 Å². The van der Waals surface area contributed by atoms with Crippen LogP contribution in [0.25, 0.3) is 0 Å². The molecule has 2 aliphatic rings. The van der Waals surface area contributed by atoms with Gasteiger partial charge < -0.3 is 19.3 Å². The number of nitrogens with zero attached hydrogens (tertiary/aromatic N) is 3. The fraction of sp³-hybridized carbons (Fsp3) is 0.750. The number of piperidine rings is 1. The van der Waals surface area contributed by atoms with Gasteiger partial charge in [0, 0.05) is 57.6 Å². The standard InChI is InChI=1S/C20H33N3O4/c1-25-19-5-7-21-17(20(19)26-2)15-22-8-6-18(16(14-22)4-3-11-24)23-9-12-27-13-10-23/h5,7,16,18,24H,3-4,6,8-15H2,1-2H3/t16-,18+/m1/s1. The minimum atomic E-state index is 0.262. The van der Waals surface area contributed by atoms with Gasteiger partial charge in [-0.1, -0.05) is 0 Å². The van der Waals surface area contributed by atoms with Crippen LogP contribution in [0.1, 0.15) is 25.0 Å². The molecular weight excluding hydrogens is 346 g/mol. The van der Waals surface area contributed by atoms with Gasteiger partial charge in [-0.3, -0.25) is 14.8 Å². The van der Waals surface area contributed by atoms with Gasteiger partial charge >= 0.3 is 0 Å². The number of methoxy groups -OCH3 is 2. The number of aliphatic hydroxyl groups is 1. The van der Waals surface area contributed by atoms with Crippen LogP contribution in [0.15, 0.2) is 12.3 Å². The van der Waals surface area contributed by atoms with E-state index < -0.39 is 0 Å². The lowest BCUT2D eigenvalue weighted by Crippen LogP contribution is -2.53. The van der Waals surface area contributed by atoms with E-state index in [4.69, 9.17) is 14.2 Å². The fourth-order valence-electron chi connectivity index (χ4n) is 4.44. The van der Waals surface area contributed by atoms with Crippen molar-refractivity contribution < 1.29 is 19.3 Å². The number of aliphatic hydroxyl groups excluding tert-OH is 1. The maximum Gasteiger partial charge on any atom is 0.183 e. The highest BCUT2D eigenvalue weighted by atomic mass is 16.5. The third-order valence-corrected chi connectivity index (χ3v) is 5.77. The van der Waals surface area contributed by atoms with Gasteiger partial charge in [-0.15, -0.1) is 0 Å². The highest BCUT2D eigenvalue weighted by Gasteiger charge is 2.34. The zero-order valence-corrected chi connectivity index (χ0v) is 16.6. The Balaban J connectivity index is 1.68. The van der Waals surface area contributed by atoms with Crippen LogP contribution in [-0.2, 0) is 11.3 Å². The third kappa shape index (κ3) is 5.10. The molecule has 0 amide bonds. The van der Waals surface area contributed by atoms with E-state index in [0.29, 0.717) is 12.0 Å². The molecule has 152 valence electrons. The van der Waals surface area contributed by atoms with E-state index in [1.807, 2.05) is 6.07 Å². The molecule has 0 aliphatic carbocycles. The minimum Gasteiger partial charge on any atom is -0.493 e. The van der Waals surface area contributed by atoms with Gasteiger partial charge in [-0.2, -0.15) is 0 Å². The SMILES string of the molecule is COc1ccnc(CN2CC[C@H](N3CCOCC3)[C@H](CCCO)C2)c1OC. The maximum absolute atomic E-state index is 9.33. The number of morpholine rings is 1. The first-order chi connectivity index (χ1) is 13.3. The largest absolute Gasteiger partial charge is 0.493 e. The number of likely N-dealkylation sites (tertiary alicyclic amines) is 1. The van der Waals surface area contributed by atoms with Crippen molar-refractivity contribution in [1.82, 2.24) is 14.8 Å². The van der Waals surface area contributed by atoms with Crippen molar-refractivity contribution in [2.75, 3.05) is 60.2 Å². The zero-order chi connectivity index (χ0) is 19.1. The van der Waals surface area contributed by atoms with Crippen LogP contribution in [0.4, 0.5) is 0 Å². The number of hydrogen-bond donors (Lipinski definition) is 1. The summed E-state index contributed by atoms with van der Waals surface area (Å²) in [4.78, 5) is 9.59. The average Bonchev–Trinajstić information content (AvgIpc) is 2.72. The summed E-state index contributed by atoms with van der Waals surface area (Å²) in [5, 5.41) is 9.33. The number of rotatable bonds is 8. The molecule has 0 saturated carbocycles. The van der Waals surface area contributed by atoms with Crippen LogP contribution in [0.3, 0.4) is 0 Å². The highest BCUT2D eigenvalue weighted by molar-refractivity contribution is 5.42. The normalized spacial score (nSPS) is 24.7. The Labute approximate surface area is 162 Å². The van der Waals surface area contributed by atoms with Crippen molar-refractivity contribution in [3.05, 3.63) is 18.0 Å². The van der Waals surface area contributed by atoms with E-state index in [1.165, 1.54) is 0 Å². The molecule has 3 rings (SSSR count). The Kier molecular flexibility index (Phi) is 7.70. The molecule has 2 aliphatic heterocycles. The maximum atomic E-state index is 9.33. The van der Waals surface area contributed by atoms with Crippen LogP contribution < -0.4 is 9.47 Å². The van der Waals surface area contributed by atoms with Crippen molar-refractivity contribution in [1.29, 1.82) is 0 Å². The molecule has 0 unspecified atom stereocenters. The van der Waals surface area contributed by atoms with Gasteiger partial charge in [0.25, 0.3) is 0 Å². The molecule has 3 heterocycles. The van der Waals surface area contributed by atoms with E-state index >= 15 is 0 Å². The molecule has 0 spiro atoms. The lowest BCUT2D eigenvalue weighted by molar-refractivity contribution is -0.0233. The van der Waals surface area contributed by atoms with Gasteiger partial charge in [-0.25, -0.2) is 0 Å². The second-order valence-corrected chi connectivity index (χ2v) is 7.36. The van der Waals surface area contributed by atoms with Crippen LogP contribution in [0, 0.1) is 5.92 Å². The number of ether oxygens (including phenoxy) is 3. The summed E-state index contributed by atoms with van der Waals surface area (Å²) in [5.41, 5.74) is 0.919. The van der Waals surface area contributed by atoms with Gasteiger partial charge in [0.2, 0.25) is 0 Å². The van der Waals surface area contributed by atoms with Crippen molar-refractivity contribution in [3.8, 4) is 11.5 Å². The average molecular weight is 380 g/mol. The Morgan fingerprint density at radius 1 is 1.22 bits per heavy atom. The van der Waals surface area contributed by atoms with Crippen molar-refractivity contribution >= 4 is 0 Å². The summed E-state index contributed by atoms with van der Waals surface area (Å²) in [6.45, 7) is 6.78. The molecule has 1 N–H and O–H groups in total. The molecule has 1 aromatic rings. The summed E-state index contributed by atoms with van der Waals surface area (Å²) in [7, 11) is 3.32. The monoisotopic (exact) mass is 379 g/mol. The lowest BCUT2D eigenvalue weighted by atomic mass is 9.86. The quantitative estimate of drug-likeness (QED) is 0.732. The van der Waals surface area contributed by atoms with Crippen molar-refractivity contribution in [3.63, 3.8) is 0 Å². The predicted octanol–water partition coefficient (Wildman–Crippen LogP) is 1.39. The van der Waals surface area contributed by atoms with Crippen molar-refractivity contribution in [2.24, 2.45) is 5.92 Å². The second kappa shape index (κ2) is 10.2. The third-order valence-electron chi connectivity index (χ3n) is 5.77. The van der Waals surface area contributed by atoms with Crippen LogP contribution >= 0.6 is 0 Å². The Hall–Kier alpha value is -1.41. The molecule has 2 atom stereocenters. The number of pyridine rings is 1. The smallest absolute Gasteiger partial charge is 0.183 e.